The molecule has 0 heterocycles. The van der Waals surface area contributed by atoms with E-state index < -0.39 is 0 Å². The lowest BCUT2D eigenvalue weighted by atomic mass is 10.1. The number of nitrogens with one attached hydrogen (secondary N) is 2. The van der Waals surface area contributed by atoms with Gasteiger partial charge in [-0.1, -0.05) is 36.4 Å². The maximum Gasteiger partial charge on any atom is 0.305 e. The number of hydrogen-bond acceptors (Lipinski definition) is 4. The Bertz CT molecular complexity index is 546. The van der Waals surface area contributed by atoms with Gasteiger partial charge < -0.3 is 15.4 Å². The number of ether oxygens (including phenoxy) is 1. The Morgan fingerprint density at radius 2 is 1.92 bits per heavy atom. The monoisotopic (exact) mass is 348 g/mol. The lowest BCUT2D eigenvalue weighted by Gasteiger charge is -2.08. The number of benzene rings is 1. The second-order valence-corrected chi connectivity index (χ2v) is 5.62. The van der Waals surface area contributed by atoms with Crippen molar-refractivity contribution in [3.63, 3.8) is 0 Å². The lowest BCUT2D eigenvalue weighted by Crippen LogP contribution is -2.39. The van der Waals surface area contributed by atoms with Crippen LogP contribution in [0.1, 0.15) is 31.2 Å². The van der Waals surface area contributed by atoms with E-state index in [1.807, 2.05) is 18.2 Å². The molecule has 0 radical (unpaired) electrons. The van der Waals surface area contributed by atoms with Crippen LogP contribution in [0.4, 0.5) is 0 Å². The summed E-state index contributed by atoms with van der Waals surface area (Å²) in [6.07, 6.45) is 4.21. The number of thiocarbonyl (C=S) groups is 1. The van der Waals surface area contributed by atoms with Crippen molar-refractivity contribution < 1.29 is 14.3 Å². The van der Waals surface area contributed by atoms with Crippen molar-refractivity contribution >= 4 is 29.2 Å². The molecule has 130 valence electrons. The summed E-state index contributed by atoms with van der Waals surface area (Å²) >= 11 is 4.93. The van der Waals surface area contributed by atoms with Crippen LogP contribution in [0.5, 0.6) is 0 Å². The zero-order valence-corrected chi connectivity index (χ0v) is 14.6. The normalized spacial score (nSPS) is 9.83. The van der Waals surface area contributed by atoms with E-state index in [1.54, 1.807) is 6.08 Å². The van der Waals surface area contributed by atoms with Gasteiger partial charge >= 0.3 is 5.97 Å². The molecule has 1 aromatic carbocycles. The van der Waals surface area contributed by atoms with Gasteiger partial charge in [0.2, 0.25) is 5.91 Å². The van der Waals surface area contributed by atoms with Crippen molar-refractivity contribution in [2.45, 2.75) is 32.1 Å². The van der Waals surface area contributed by atoms with E-state index in [0.29, 0.717) is 19.6 Å². The topological polar surface area (TPSA) is 67.4 Å². The molecule has 0 atom stereocenters. The predicted octanol–water partition coefficient (Wildman–Crippen LogP) is 2.51. The molecular formula is C18H24N2O3S. The van der Waals surface area contributed by atoms with Gasteiger partial charge in [-0.25, -0.2) is 0 Å². The van der Waals surface area contributed by atoms with Crippen LogP contribution in [0, 0.1) is 0 Å². The first-order valence-corrected chi connectivity index (χ1v) is 8.40. The molecule has 0 bridgehead atoms. The molecule has 0 saturated carbocycles. The lowest BCUT2D eigenvalue weighted by molar-refractivity contribution is -0.143. The Balaban J connectivity index is 2.04. The standard InChI is InChI=1S/C18H24N2O3S/c1-2-13-19-18(24)20-16(21)11-6-12-17(22)23-14-7-10-15-8-4-3-5-9-15/h2-5,8-9H,1,6-7,10-14H2,(H2,19,20,21,24). The quantitative estimate of drug-likeness (QED) is 0.294. The third kappa shape index (κ3) is 9.74. The number of carbonyl (C=O) groups is 2. The molecular weight excluding hydrogens is 324 g/mol. The summed E-state index contributed by atoms with van der Waals surface area (Å²) in [7, 11) is 0. The number of carbonyl (C=O) groups excluding carboxylic acids is 2. The molecule has 6 heteroatoms. The maximum absolute atomic E-state index is 11.6. The van der Waals surface area contributed by atoms with Crippen molar-refractivity contribution in [3.05, 3.63) is 48.6 Å². The fourth-order valence-corrected chi connectivity index (χ4v) is 2.17. The molecule has 5 nitrogen and oxygen atoms in total. The molecule has 0 aliphatic rings. The Hall–Kier alpha value is -2.21. The zero-order valence-electron chi connectivity index (χ0n) is 13.8. The molecule has 1 aromatic rings. The summed E-state index contributed by atoms with van der Waals surface area (Å²) in [4.78, 5) is 23.2. The first-order chi connectivity index (χ1) is 11.6. The van der Waals surface area contributed by atoms with Gasteiger partial charge in [0, 0.05) is 19.4 Å². The van der Waals surface area contributed by atoms with E-state index in [2.05, 4.69) is 29.3 Å². The predicted molar refractivity (Wildman–Crippen MR) is 98.5 cm³/mol. The second kappa shape index (κ2) is 12.2. The molecule has 0 saturated heterocycles. The molecule has 0 aromatic heterocycles. The number of esters is 1. The zero-order chi connectivity index (χ0) is 17.6. The highest BCUT2D eigenvalue weighted by molar-refractivity contribution is 7.80. The Labute approximate surface area is 148 Å². The van der Waals surface area contributed by atoms with E-state index in [9.17, 15) is 9.59 Å². The molecule has 1 rings (SSSR count). The van der Waals surface area contributed by atoms with Crippen LogP contribution in [0.2, 0.25) is 0 Å². The minimum Gasteiger partial charge on any atom is -0.466 e. The number of amides is 1. The number of aryl methyl sites for hydroxylation is 1. The third-order valence-electron chi connectivity index (χ3n) is 3.16. The summed E-state index contributed by atoms with van der Waals surface area (Å²) < 4.78 is 5.16. The van der Waals surface area contributed by atoms with Crippen LogP contribution < -0.4 is 10.6 Å². The first-order valence-electron chi connectivity index (χ1n) is 8.00. The van der Waals surface area contributed by atoms with E-state index in [-0.39, 0.29) is 29.8 Å². The van der Waals surface area contributed by atoms with Crippen molar-refractivity contribution in [2.75, 3.05) is 13.2 Å². The highest BCUT2D eigenvalue weighted by Crippen LogP contribution is 2.03. The smallest absolute Gasteiger partial charge is 0.305 e. The van der Waals surface area contributed by atoms with Crippen molar-refractivity contribution in [2.24, 2.45) is 0 Å². The van der Waals surface area contributed by atoms with Crippen LogP contribution in [-0.4, -0.2) is 30.1 Å². The summed E-state index contributed by atoms with van der Waals surface area (Å²) in [6, 6.07) is 10.1. The minimum atomic E-state index is -0.275. The summed E-state index contributed by atoms with van der Waals surface area (Å²) in [5.74, 6) is -0.489. The Kier molecular flexibility index (Phi) is 10.1. The average Bonchev–Trinajstić information content (AvgIpc) is 2.58. The van der Waals surface area contributed by atoms with E-state index in [4.69, 9.17) is 17.0 Å². The van der Waals surface area contributed by atoms with Gasteiger partial charge in [0.05, 0.1) is 6.61 Å². The fourth-order valence-electron chi connectivity index (χ4n) is 1.97. The van der Waals surface area contributed by atoms with Gasteiger partial charge in [0.25, 0.3) is 0 Å². The van der Waals surface area contributed by atoms with Crippen LogP contribution in [-0.2, 0) is 20.7 Å². The van der Waals surface area contributed by atoms with Crippen LogP contribution in [0.15, 0.2) is 43.0 Å². The van der Waals surface area contributed by atoms with E-state index in [1.165, 1.54) is 5.56 Å². The highest BCUT2D eigenvalue weighted by Gasteiger charge is 2.07. The van der Waals surface area contributed by atoms with Crippen LogP contribution >= 0.6 is 12.2 Å². The van der Waals surface area contributed by atoms with Gasteiger partial charge in [0.1, 0.15) is 0 Å². The van der Waals surface area contributed by atoms with Crippen LogP contribution in [0.25, 0.3) is 0 Å². The molecule has 24 heavy (non-hydrogen) atoms. The molecule has 1 amide bonds. The summed E-state index contributed by atoms with van der Waals surface area (Å²) in [5.41, 5.74) is 1.23. The van der Waals surface area contributed by atoms with Gasteiger partial charge in [-0.15, -0.1) is 6.58 Å². The fraction of sp³-hybridized carbons (Fsp3) is 0.389. The Morgan fingerprint density at radius 3 is 2.62 bits per heavy atom. The van der Waals surface area contributed by atoms with Gasteiger partial charge in [-0.05, 0) is 37.0 Å². The first kappa shape index (κ1) is 19.8. The van der Waals surface area contributed by atoms with E-state index >= 15 is 0 Å². The Morgan fingerprint density at radius 1 is 1.17 bits per heavy atom. The molecule has 0 spiro atoms. The van der Waals surface area contributed by atoms with Gasteiger partial charge in [-0.2, -0.15) is 0 Å². The molecule has 0 fully saturated rings. The van der Waals surface area contributed by atoms with Crippen molar-refractivity contribution in [1.82, 2.24) is 10.6 Å². The maximum atomic E-state index is 11.6. The third-order valence-corrected chi connectivity index (χ3v) is 3.41. The average molecular weight is 348 g/mol. The van der Waals surface area contributed by atoms with Crippen molar-refractivity contribution in [3.8, 4) is 0 Å². The van der Waals surface area contributed by atoms with Crippen LogP contribution in [0.3, 0.4) is 0 Å². The molecule has 0 aliphatic heterocycles. The molecule has 0 aliphatic carbocycles. The van der Waals surface area contributed by atoms with E-state index in [0.717, 1.165) is 12.8 Å². The molecule has 2 N–H and O–H groups in total. The second-order valence-electron chi connectivity index (χ2n) is 5.21. The largest absolute Gasteiger partial charge is 0.466 e. The number of hydrogen-bond donors (Lipinski definition) is 2. The van der Waals surface area contributed by atoms with Crippen molar-refractivity contribution in [1.29, 1.82) is 0 Å². The summed E-state index contributed by atoms with van der Waals surface area (Å²) in [6.45, 7) is 4.44. The highest BCUT2D eigenvalue weighted by atomic mass is 32.1. The number of rotatable bonds is 10. The molecule has 0 unspecified atom stereocenters. The minimum absolute atomic E-state index is 0.214. The summed E-state index contributed by atoms with van der Waals surface area (Å²) in [5, 5.41) is 5.61. The van der Waals surface area contributed by atoms with Gasteiger partial charge in [-0.3, -0.25) is 9.59 Å². The SMILES string of the molecule is C=CCNC(=S)NC(=O)CCCC(=O)OCCCc1ccccc1. The van der Waals surface area contributed by atoms with Gasteiger partial charge in [0.15, 0.2) is 5.11 Å².